The lowest BCUT2D eigenvalue weighted by Gasteiger charge is -2.35. The highest BCUT2D eigenvalue weighted by molar-refractivity contribution is 6.08. The van der Waals surface area contributed by atoms with Gasteiger partial charge in [-0.3, -0.25) is 9.69 Å². The summed E-state index contributed by atoms with van der Waals surface area (Å²) in [4.78, 5) is 15.2. The van der Waals surface area contributed by atoms with E-state index in [1.807, 2.05) is 83.8 Å². The van der Waals surface area contributed by atoms with Crippen LogP contribution in [0.25, 0.3) is 6.08 Å². The van der Waals surface area contributed by atoms with Gasteiger partial charge in [0, 0.05) is 11.1 Å². The summed E-state index contributed by atoms with van der Waals surface area (Å²) >= 11 is 0. The number of benzene rings is 3. The average molecular weight is 341 g/mol. The van der Waals surface area contributed by atoms with Gasteiger partial charge in [-0.05, 0) is 29.8 Å². The van der Waals surface area contributed by atoms with Gasteiger partial charge in [-0.25, -0.2) is 0 Å². The molecular weight excluding hydrogens is 322 g/mol. The molecule has 1 aliphatic rings. The van der Waals surface area contributed by atoms with Crippen molar-refractivity contribution in [2.75, 3.05) is 12.0 Å². The van der Waals surface area contributed by atoms with Crippen molar-refractivity contribution in [2.45, 2.75) is 6.04 Å². The van der Waals surface area contributed by atoms with E-state index in [4.69, 9.17) is 4.74 Å². The van der Waals surface area contributed by atoms with Crippen molar-refractivity contribution in [3.8, 4) is 5.75 Å². The van der Waals surface area contributed by atoms with Gasteiger partial charge in [-0.2, -0.15) is 0 Å². The predicted molar refractivity (Wildman–Crippen MR) is 104 cm³/mol. The molecule has 3 aromatic carbocycles. The maximum Gasteiger partial charge on any atom is 0.259 e. The first-order valence-electron chi connectivity index (χ1n) is 8.58. The van der Waals surface area contributed by atoms with E-state index in [1.54, 1.807) is 7.11 Å². The number of hydrogen-bond acceptors (Lipinski definition) is 2. The lowest BCUT2D eigenvalue weighted by molar-refractivity contribution is 0.0980. The van der Waals surface area contributed by atoms with E-state index in [0.29, 0.717) is 5.56 Å². The minimum atomic E-state index is -0.228. The molecule has 0 aromatic heterocycles. The zero-order valence-corrected chi connectivity index (χ0v) is 14.5. The summed E-state index contributed by atoms with van der Waals surface area (Å²) in [6.07, 6.45) is 4.13. The third-order valence-corrected chi connectivity index (χ3v) is 4.63. The Hall–Kier alpha value is -3.33. The fourth-order valence-electron chi connectivity index (χ4n) is 3.39. The molecule has 0 aliphatic carbocycles. The number of nitrogens with zero attached hydrogens (tertiary/aromatic N) is 1. The number of rotatable bonds is 3. The maximum atomic E-state index is 13.4. The van der Waals surface area contributed by atoms with Gasteiger partial charge in [0.25, 0.3) is 5.91 Å². The molecule has 3 heteroatoms. The van der Waals surface area contributed by atoms with Crippen LogP contribution in [0.15, 0.2) is 84.9 Å². The molecule has 0 saturated carbocycles. The number of para-hydroxylation sites is 2. The van der Waals surface area contributed by atoms with E-state index in [-0.39, 0.29) is 11.9 Å². The van der Waals surface area contributed by atoms with Crippen LogP contribution in [0.4, 0.5) is 5.69 Å². The van der Waals surface area contributed by atoms with Gasteiger partial charge >= 0.3 is 0 Å². The molecule has 26 heavy (non-hydrogen) atoms. The first-order chi connectivity index (χ1) is 12.8. The molecule has 1 aliphatic heterocycles. The first kappa shape index (κ1) is 16.2. The zero-order chi connectivity index (χ0) is 17.9. The highest BCUT2D eigenvalue weighted by Gasteiger charge is 2.31. The summed E-state index contributed by atoms with van der Waals surface area (Å²) in [5.41, 5.74) is 3.56. The Labute approximate surface area is 153 Å². The van der Waals surface area contributed by atoms with Crippen LogP contribution in [-0.2, 0) is 0 Å². The smallest absolute Gasteiger partial charge is 0.259 e. The Balaban J connectivity index is 1.87. The number of fused-ring (bicyclic) bond motifs is 1. The van der Waals surface area contributed by atoms with Crippen molar-refractivity contribution in [1.82, 2.24) is 0 Å². The molecule has 128 valence electrons. The molecular formula is C23H19NO2. The van der Waals surface area contributed by atoms with Crippen molar-refractivity contribution in [3.63, 3.8) is 0 Å². The Kier molecular flexibility index (Phi) is 4.28. The fraction of sp³-hybridized carbons (Fsp3) is 0.0870. The topological polar surface area (TPSA) is 29.5 Å². The zero-order valence-electron chi connectivity index (χ0n) is 14.5. The van der Waals surface area contributed by atoms with Crippen LogP contribution >= 0.6 is 0 Å². The van der Waals surface area contributed by atoms with Gasteiger partial charge in [0.1, 0.15) is 5.75 Å². The SMILES string of the molecule is COc1ccccc1C1C=Cc2ccccc2N1C(=O)c1ccccc1. The minimum absolute atomic E-state index is 0.0293. The van der Waals surface area contributed by atoms with Gasteiger partial charge < -0.3 is 4.74 Å². The normalized spacial score (nSPS) is 15.4. The average Bonchev–Trinajstić information content (AvgIpc) is 2.73. The van der Waals surface area contributed by atoms with E-state index in [9.17, 15) is 4.79 Å². The molecule has 4 rings (SSSR count). The third kappa shape index (κ3) is 2.78. The maximum absolute atomic E-state index is 13.4. The molecule has 3 nitrogen and oxygen atoms in total. The van der Waals surface area contributed by atoms with Crippen molar-refractivity contribution in [3.05, 3.63) is 102 Å². The summed E-state index contributed by atoms with van der Waals surface area (Å²) in [5.74, 6) is 0.741. The molecule has 1 heterocycles. The molecule has 1 unspecified atom stereocenters. The fourth-order valence-corrected chi connectivity index (χ4v) is 3.39. The molecule has 1 amide bonds. The number of hydrogen-bond donors (Lipinski definition) is 0. The summed E-state index contributed by atoms with van der Waals surface area (Å²) < 4.78 is 5.55. The number of amides is 1. The van der Waals surface area contributed by atoms with E-state index in [1.165, 1.54) is 0 Å². The van der Waals surface area contributed by atoms with Gasteiger partial charge in [0.15, 0.2) is 0 Å². The third-order valence-electron chi connectivity index (χ3n) is 4.63. The highest BCUT2D eigenvalue weighted by Crippen LogP contribution is 2.40. The predicted octanol–water partition coefficient (Wildman–Crippen LogP) is 5.11. The summed E-state index contributed by atoms with van der Waals surface area (Å²) in [6.45, 7) is 0. The number of carbonyl (C=O) groups excluding carboxylic acids is 1. The summed E-state index contributed by atoms with van der Waals surface area (Å²) in [5, 5.41) is 0. The molecule has 0 bridgehead atoms. The quantitative estimate of drug-likeness (QED) is 0.662. The molecule has 3 aromatic rings. The van der Waals surface area contributed by atoms with Crippen molar-refractivity contribution in [2.24, 2.45) is 0 Å². The van der Waals surface area contributed by atoms with Crippen molar-refractivity contribution in [1.29, 1.82) is 0 Å². The molecule has 0 fully saturated rings. The van der Waals surface area contributed by atoms with Crippen LogP contribution in [0.2, 0.25) is 0 Å². The molecule has 0 radical (unpaired) electrons. The van der Waals surface area contributed by atoms with Crippen LogP contribution in [-0.4, -0.2) is 13.0 Å². The summed E-state index contributed by atoms with van der Waals surface area (Å²) in [6, 6.07) is 25.0. The van der Waals surface area contributed by atoms with E-state index >= 15 is 0 Å². The number of methoxy groups -OCH3 is 1. The number of carbonyl (C=O) groups is 1. The number of anilines is 1. The Morgan fingerprint density at radius 3 is 2.38 bits per heavy atom. The van der Waals surface area contributed by atoms with Crippen LogP contribution in [0.5, 0.6) is 5.75 Å². The second kappa shape index (κ2) is 6.89. The molecule has 0 N–H and O–H groups in total. The molecule has 0 saturated heterocycles. The van der Waals surface area contributed by atoms with E-state index in [0.717, 1.165) is 22.6 Å². The monoisotopic (exact) mass is 341 g/mol. The number of ether oxygens (including phenoxy) is 1. The largest absolute Gasteiger partial charge is 0.496 e. The summed E-state index contributed by atoms with van der Waals surface area (Å²) in [7, 11) is 1.66. The molecule has 0 spiro atoms. The van der Waals surface area contributed by atoms with Gasteiger partial charge in [0.05, 0.1) is 18.8 Å². The van der Waals surface area contributed by atoms with Gasteiger partial charge in [-0.1, -0.05) is 66.7 Å². The lowest BCUT2D eigenvalue weighted by Crippen LogP contribution is -2.36. The van der Waals surface area contributed by atoms with Gasteiger partial charge in [0.2, 0.25) is 0 Å². The second-order valence-corrected chi connectivity index (χ2v) is 6.15. The van der Waals surface area contributed by atoms with E-state index < -0.39 is 0 Å². The van der Waals surface area contributed by atoms with E-state index in [2.05, 4.69) is 12.2 Å². The lowest BCUT2D eigenvalue weighted by atomic mass is 9.95. The Morgan fingerprint density at radius 2 is 1.58 bits per heavy atom. The Bertz CT molecular complexity index is 963. The molecule has 1 atom stereocenters. The van der Waals surface area contributed by atoms with Crippen molar-refractivity contribution < 1.29 is 9.53 Å². The first-order valence-corrected chi connectivity index (χ1v) is 8.58. The van der Waals surface area contributed by atoms with Crippen LogP contribution in [0.3, 0.4) is 0 Å². The van der Waals surface area contributed by atoms with Crippen LogP contribution < -0.4 is 9.64 Å². The van der Waals surface area contributed by atoms with Crippen LogP contribution in [0.1, 0.15) is 27.5 Å². The highest BCUT2D eigenvalue weighted by atomic mass is 16.5. The Morgan fingerprint density at radius 1 is 0.885 bits per heavy atom. The van der Waals surface area contributed by atoms with Crippen LogP contribution in [0, 0.1) is 0 Å². The van der Waals surface area contributed by atoms with Gasteiger partial charge in [-0.15, -0.1) is 0 Å². The second-order valence-electron chi connectivity index (χ2n) is 6.15. The standard InChI is InChI=1S/C23H19NO2/c1-26-22-14-8-6-12-19(22)21-16-15-17-9-5-7-13-20(17)24(21)23(25)18-10-3-2-4-11-18/h2-16,21H,1H3. The van der Waals surface area contributed by atoms with Crippen molar-refractivity contribution >= 4 is 17.7 Å². The minimum Gasteiger partial charge on any atom is -0.496 e.